The zero-order valence-corrected chi connectivity index (χ0v) is 9.22. The van der Waals surface area contributed by atoms with Gasteiger partial charge in [0, 0.05) is 18.9 Å². The third-order valence-electron chi connectivity index (χ3n) is 1.90. The van der Waals surface area contributed by atoms with Crippen molar-refractivity contribution in [1.82, 2.24) is 10.6 Å². The van der Waals surface area contributed by atoms with Gasteiger partial charge in [0.2, 0.25) is 5.91 Å². The second kappa shape index (κ2) is 7.50. The van der Waals surface area contributed by atoms with E-state index in [1.54, 1.807) is 7.05 Å². The van der Waals surface area contributed by atoms with Crippen molar-refractivity contribution in [1.29, 1.82) is 0 Å². The highest BCUT2D eigenvalue weighted by atomic mass is 16.2. The summed E-state index contributed by atoms with van der Waals surface area (Å²) in [6, 6.07) is 0. The lowest BCUT2D eigenvalue weighted by Gasteiger charge is -2.05. The van der Waals surface area contributed by atoms with E-state index in [0.29, 0.717) is 19.5 Å². The Bertz CT molecular complexity index is 191. The zero-order valence-electron chi connectivity index (χ0n) is 9.22. The van der Waals surface area contributed by atoms with Crippen molar-refractivity contribution in [3.63, 3.8) is 0 Å². The standard InChI is InChI=1S/C10H20N2O2/c1-8(2)9(13)5-4-6-12-10(14)7-11-3/h8,11H,4-7H2,1-3H3,(H,12,14). The highest BCUT2D eigenvalue weighted by molar-refractivity contribution is 5.80. The Morgan fingerprint density at radius 1 is 1.29 bits per heavy atom. The molecule has 0 aliphatic heterocycles. The molecule has 4 nitrogen and oxygen atoms in total. The summed E-state index contributed by atoms with van der Waals surface area (Å²) in [5.41, 5.74) is 0. The quantitative estimate of drug-likeness (QED) is 0.582. The van der Waals surface area contributed by atoms with E-state index in [4.69, 9.17) is 0 Å². The summed E-state index contributed by atoms with van der Waals surface area (Å²) in [6.45, 7) is 4.70. The number of ketones is 1. The Kier molecular flexibility index (Phi) is 7.02. The molecular weight excluding hydrogens is 180 g/mol. The SMILES string of the molecule is CNCC(=O)NCCCC(=O)C(C)C. The summed E-state index contributed by atoms with van der Waals surface area (Å²) in [5, 5.41) is 5.48. The van der Waals surface area contributed by atoms with Crippen molar-refractivity contribution < 1.29 is 9.59 Å². The predicted octanol–water partition coefficient (Wildman–Crippen LogP) is 0.327. The fourth-order valence-corrected chi connectivity index (χ4v) is 1.00. The van der Waals surface area contributed by atoms with Crippen LogP contribution >= 0.6 is 0 Å². The molecule has 14 heavy (non-hydrogen) atoms. The molecule has 4 heteroatoms. The monoisotopic (exact) mass is 200 g/mol. The predicted molar refractivity (Wildman–Crippen MR) is 56.0 cm³/mol. The number of nitrogens with one attached hydrogen (secondary N) is 2. The third kappa shape index (κ3) is 6.60. The molecule has 1 amide bonds. The van der Waals surface area contributed by atoms with E-state index in [1.165, 1.54) is 0 Å². The van der Waals surface area contributed by atoms with Crippen LogP contribution in [-0.4, -0.2) is 31.8 Å². The molecule has 0 atom stereocenters. The van der Waals surface area contributed by atoms with Gasteiger partial charge < -0.3 is 10.6 Å². The molecule has 2 N–H and O–H groups in total. The van der Waals surface area contributed by atoms with Crippen molar-refractivity contribution in [2.24, 2.45) is 5.92 Å². The first-order chi connectivity index (χ1) is 6.57. The van der Waals surface area contributed by atoms with Crippen molar-refractivity contribution >= 4 is 11.7 Å². The Hall–Kier alpha value is -0.900. The number of amides is 1. The molecule has 82 valence electrons. The molecule has 0 bridgehead atoms. The number of rotatable bonds is 7. The lowest BCUT2D eigenvalue weighted by atomic mass is 10.1. The normalized spacial score (nSPS) is 10.3. The first-order valence-corrected chi connectivity index (χ1v) is 5.02. The number of likely N-dealkylation sites (N-methyl/N-ethyl adjacent to an activating group) is 1. The average molecular weight is 200 g/mol. The van der Waals surface area contributed by atoms with Gasteiger partial charge in [-0.1, -0.05) is 13.8 Å². The first-order valence-electron chi connectivity index (χ1n) is 5.02. The van der Waals surface area contributed by atoms with Crippen molar-refractivity contribution in [2.75, 3.05) is 20.1 Å². The van der Waals surface area contributed by atoms with Crippen LogP contribution in [0.2, 0.25) is 0 Å². The maximum Gasteiger partial charge on any atom is 0.233 e. The lowest BCUT2D eigenvalue weighted by Crippen LogP contribution is -2.32. The van der Waals surface area contributed by atoms with Gasteiger partial charge in [-0.15, -0.1) is 0 Å². The molecule has 0 heterocycles. The number of Topliss-reactive ketones (excluding diaryl/α,β-unsaturated/α-hetero) is 1. The van der Waals surface area contributed by atoms with Gasteiger partial charge in [-0.25, -0.2) is 0 Å². The molecule has 0 spiro atoms. The van der Waals surface area contributed by atoms with Gasteiger partial charge in [0.05, 0.1) is 6.54 Å². The highest BCUT2D eigenvalue weighted by Crippen LogP contribution is 2.00. The molecule has 0 aromatic rings. The van der Waals surface area contributed by atoms with Crippen LogP contribution in [0.3, 0.4) is 0 Å². The fourth-order valence-electron chi connectivity index (χ4n) is 1.00. The van der Waals surface area contributed by atoms with Crippen molar-refractivity contribution in [3.8, 4) is 0 Å². The van der Waals surface area contributed by atoms with Crippen LogP contribution in [-0.2, 0) is 9.59 Å². The summed E-state index contributed by atoms with van der Waals surface area (Å²) in [7, 11) is 1.72. The minimum Gasteiger partial charge on any atom is -0.355 e. The first kappa shape index (κ1) is 13.1. The summed E-state index contributed by atoms with van der Waals surface area (Å²) in [5.74, 6) is 0.334. The molecule has 0 aromatic carbocycles. The molecular formula is C10H20N2O2. The van der Waals surface area contributed by atoms with Crippen LogP contribution in [0.1, 0.15) is 26.7 Å². The van der Waals surface area contributed by atoms with Crippen LogP contribution in [0.25, 0.3) is 0 Å². The average Bonchev–Trinajstić information content (AvgIpc) is 2.12. The lowest BCUT2D eigenvalue weighted by molar-refractivity contribution is -0.123. The topological polar surface area (TPSA) is 58.2 Å². The molecule has 0 saturated heterocycles. The molecule has 0 rings (SSSR count). The van der Waals surface area contributed by atoms with E-state index < -0.39 is 0 Å². The Labute approximate surface area is 85.4 Å². The maximum atomic E-state index is 11.2. The van der Waals surface area contributed by atoms with E-state index in [1.807, 2.05) is 13.8 Å². The van der Waals surface area contributed by atoms with E-state index in [2.05, 4.69) is 10.6 Å². The third-order valence-corrected chi connectivity index (χ3v) is 1.90. The van der Waals surface area contributed by atoms with Gasteiger partial charge in [0.15, 0.2) is 0 Å². The summed E-state index contributed by atoms with van der Waals surface area (Å²) in [6.07, 6.45) is 1.28. The van der Waals surface area contributed by atoms with Crippen molar-refractivity contribution in [3.05, 3.63) is 0 Å². The van der Waals surface area contributed by atoms with Crippen LogP contribution in [0, 0.1) is 5.92 Å². The van der Waals surface area contributed by atoms with Gasteiger partial charge >= 0.3 is 0 Å². The summed E-state index contributed by atoms with van der Waals surface area (Å²) < 4.78 is 0. The number of carbonyl (C=O) groups excluding carboxylic acids is 2. The number of hydrogen-bond donors (Lipinski definition) is 2. The van der Waals surface area contributed by atoms with E-state index in [0.717, 1.165) is 6.42 Å². The van der Waals surface area contributed by atoms with Crippen LogP contribution in [0.15, 0.2) is 0 Å². The molecule has 0 fully saturated rings. The Balaban J connectivity index is 3.38. The number of carbonyl (C=O) groups is 2. The van der Waals surface area contributed by atoms with Crippen LogP contribution < -0.4 is 10.6 Å². The van der Waals surface area contributed by atoms with Gasteiger partial charge in [-0.3, -0.25) is 9.59 Å². The Morgan fingerprint density at radius 3 is 2.43 bits per heavy atom. The molecule has 0 radical (unpaired) electrons. The molecule has 0 saturated carbocycles. The molecule has 0 aromatic heterocycles. The largest absolute Gasteiger partial charge is 0.355 e. The van der Waals surface area contributed by atoms with Crippen LogP contribution in [0.5, 0.6) is 0 Å². The van der Waals surface area contributed by atoms with Gasteiger partial charge in [0.1, 0.15) is 5.78 Å². The second-order valence-electron chi connectivity index (χ2n) is 3.60. The second-order valence-corrected chi connectivity index (χ2v) is 3.60. The highest BCUT2D eigenvalue weighted by Gasteiger charge is 2.06. The van der Waals surface area contributed by atoms with Crippen molar-refractivity contribution in [2.45, 2.75) is 26.7 Å². The van der Waals surface area contributed by atoms with Crippen LogP contribution in [0.4, 0.5) is 0 Å². The molecule has 0 aliphatic rings. The summed E-state index contributed by atoms with van der Waals surface area (Å²) in [4.78, 5) is 22.2. The minimum atomic E-state index is -0.0236. The van der Waals surface area contributed by atoms with Gasteiger partial charge in [-0.2, -0.15) is 0 Å². The van der Waals surface area contributed by atoms with E-state index in [-0.39, 0.29) is 17.6 Å². The van der Waals surface area contributed by atoms with Gasteiger partial charge in [0.25, 0.3) is 0 Å². The minimum absolute atomic E-state index is 0.0236. The number of hydrogen-bond acceptors (Lipinski definition) is 3. The molecule has 0 unspecified atom stereocenters. The fraction of sp³-hybridized carbons (Fsp3) is 0.800. The summed E-state index contributed by atoms with van der Waals surface area (Å²) >= 11 is 0. The zero-order chi connectivity index (χ0) is 11.0. The molecule has 0 aliphatic carbocycles. The van der Waals surface area contributed by atoms with E-state index >= 15 is 0 Å². The van der Waals surface area contributed by atoms with Gasteiger partial charge in [-0.05, 0) is 13.5 Å². The smallest absolute Gasteiger partial charge is 0.233 e. The maximum absolute atomic E-state index is 11.2. The van der Waals surface area contributed by atoms with E-state index in [9.17, 15) is 9.59 Å². The Morgan fingerprint density at radius 2 is 1.93 bits per heavy atom.